The molecule has 1 unspecified atom stereocenters. The number of carboxylic acids is 1. The van der Waals surface area contributed by atoms with Crippen molar-refractivity contribution in [2.75, 3.05) is 11.5 Å². The van der Waals surface area contributed by atoms with Crippen LogP contribution in [0.15, 0.2) is 11.8 Å². The number of carboxylic acid groups (broad SMARTS) is 1. The number of rotatable bonds is 3. The molecular weight excluding hydrogens is 214 g/mol. The number of nitrogens with zero attached hydrogens (tertiary/aromatic N) is 1. The highest BCUT2D eigenvalue weighted by Gasteiger charge is 2.51. The van der Waals surface area contributed by atoms with Crippen LogP contribution in [0.1, 0.15) is 19.8 Å². The average molecular weight is 227 g/mol. The molecule has 0 aromatic carbocycles. The van der Waals surface area contributed by atoms with Crippen LogP contribution in [-0.4, -0.2) is 33.7 Å². The minimum Gasteiger partial charge on any atom is -0.543 e. The van der Waals surface area contributed by atoms with Crippen molar-refractivity contribution >= 4 is 22.8 Å². The van der Waals surface area contributed by atoms with Crippen LogP contribution in [0.3, 0.4) is 0 Å². The van der Waals surface area contributed by atoms with Gasteiger partial charge in [0, 0.05) is 10.9 Å². The van der Waals surface area contributed by atoms with Gasteiger partial charge in [0.1, 0.15) is 11.5 Å². The van der Waals surface area contributed by atoms with Gasteiger partial charge in [0.2, 0.25) is 11.3 Å². The van der Waals surface area contributed by atoms with Gasteiger partial charge < -0.3 is 9.90 Å². The molecule has 1 amide bonds. The summed E-state index contributed by atoms with van der Waals surface area (Å²) in [6.07, 6.45) is 3.23. The maximum atomic E-state index is 11.3. The molecule has 4 nitrogen and oxygen atoms in total. The van der Waals surface area contributed by atoms with E-state index in [2.05, 4.69) is 6.92 Å². The van der Waals surface area contributed by atoms with Gasteiger partial charge >= 0.3 is 0 Å². The van der Waals surface area contributed by atoms with Crippen molar-refractivity contribution in [2.45, 2.75) is 25.1 Å². The van der Waals surface area contributed by atoms with Gasteiger partial charge in [-0.1, -0.05) is 6.92 Å². The summed E-state index contributed by atoms with van der Waals surface area (Å²) in [5.74, 6) is 0.549. The van der Waals surface area contributed by atoms with Crippen LogP contribution in [0.4, 0.5) is 0 Å². The molecule has 2 heterocycles. The Kier molecular flexibility index (Phi) is 2.73. The van der Waals surface area contributed by atoms with Gasteiger partial charge in [-0.15, -0.1) is 0 Å². The Morgan fingerprint density at radius 2 is 2.47 bits per heavy atom. The predicted molar refractivity (Wildman–Crippen MR) is 55.7 cm³/mol. The predicted octanol–water partition coefficient (Wildman–Crippen LogP) is -0.780. The second-order valence-electron chi connectivity index (χ2n) is 3.71. The molecule has 0 spiro atoms. The van der Waals surface area contributed by atoms with Gasteiger partial charge in [0.25, 0.3) is 0 Å². The Balaban J connectivity index is 2.18. The van der Waals surface area contributed by atoms with Crippen molar-refractivity contribution in [3.05, 3.63) is 11.8 Å². The standard InChI is InChI=1S/C10H13NO3S/c1-2-4-15-5-3-7(10(13)14)11-8(12)6-9(11)15/h3,9H,2,4-6H2,1H3/t9-,15?/m1/s1. The Morgan fingerprint density at radius 1 is 1.73 bits per heavy atom. The number of aliphatic carboxylic acids is 1. The Hall–Kier alpha value is -0.970. The van der Waals surface area contributed by atoms with Crippen LogP contribution < -0.4 is 5.11 Å². The fraction of sp³-hybridized carbons (Fsp3) is 0.600. The van der Waals surface area contributed by atoms with Crippen molar-refractivity contribution in [2.24, 2.45) is 0 Å². The van der Waals surface area contributed by atoms with Crippen LogP contribution in [0.5, 0.6) is 0 Å². The van der Waals surface area contributed by atoms with E-state index < -0.39 is 5.97 Å². The molecule has 0 bridgehead atoms. The highest BCUT2D eigenvalue weighted by molar-refractivity contribution is 7.97. The average Bonchev–Trinajstić information content (AvgIpc) is 2.18. The summed E-state index contributed by atoms with van der Waals surface area (Å²) < 4.78 is 0. The maximum absolute atomic E-state index is 11.3. The molecule has 1 fully saturated rings. The van der Waals surface area contributed by atoms with Crippen molar-refractivity contribution in [1.82, 2.24) is 4.90 Å². The van der Waals surface area contributed by atoms with Crippen LogP contribution in [-0.2, 0) is 20.5 Å². The summed E-state index contributed by atoms with van der Waals surface area (Å²) in [5.41, 5.74) is 0.0797. The zero-order valence-corrected chi connectivity index (χ0v) is 9.38. The van der Waals surface area contributed by atoms with Gasteiger partial charge in [-0.25, -0.2) is 0 Å². The fourth-order valence-corrected chi connectivity index (χ4v) is 4.47. The van der Waals surface area contributed by atoms with E-state index in [9.17, 15) is 14.7 Å². The molecule has 0 saturated carbocycles. The third kappa shape index (κ3) is 1.65. The Labute approximate surface area is 91.3 Å². The first-order valence-electron chi connectivity index (χ1n) is 5.05. The quantitative estimate of drug-likeness (QED) is 0.469. The van der Waals surface area contributed by atoms with Crippen molar-refractivity contribution < 1.29 is 14.7 Å². The molecule has 0 radical (unpaired) electrons. The van der Waals surface area contributed by atoms with Crippen LogP contribution >= 0.6 is 0 Å². The first-order valence-corrected chi connectivity index (χ1v) is 6.67. The Morgan fingerprint density at radius 3 is 3.00 bits per heavy atom. The lowest BCUT2D eigenvalue weighted by atomic mass is 10.1. The SMILES string of the molecule is CCC[S+]1CC=C(C(=O)[O-])N2C(=O)C[C@H]21. The molecule has 0 aliphatic carbocycles. The zero-order valence-electron chi connectivity index (χ0n) is 8.56. The number of fused-ring (bicyclic) bond motifs is 1. The third-order valence-corrected chi connectivity index (χ3v) is 5.39. The molecule has 2 aliphatic heterocycles. The first-order chi connectivity index (χ1) is 7.15. The van der Waals surface area contributed by atoms with E-state index in [1.807, 2.05) is 0 Å². The Bertz CT molecular complexity index is 340. The van der Waals surface area contributed by atoms with E-state index in [1.54, 1.807) is 6.08 Å². The molecule has 5 heteroatoms. The number of hydrogen-bond acceptors (Lipinski definition) is 3. The van der Waals surface area contributed by atoms with Crippen LogP contribution in [0.25, 0.3) is 0 Å². The minimum absolute atomic E-state index is 0.0797. The molecule has 1 saturated heterocycles. The van der Waals surface area contributed by atoms with Crippen LogP contribution in [0.2, 0.25) is 0 Å². The normalized spacial score (nSPS) is 29.3. The summed E-state index contributed by atoms with van der Waals surface area (Å²) in [7, 11) is 0.147. The molecule has 0 aromatic heterocycles. The fourth-order valence-electron chi connectivity index (χ4n) is 2.00. The molecule has 82 valence electrons. The number of carbonyl (C=O) groups is 2. The number of β-lactam (4-membered cyclic amide) rings is 1. The lowest BCUT2D eigenvalue weighted by Crippen LogP contribution is -2.61. The minimum atomic E-state index is -1.23. The van der Waals surface area contributed by atoms with E-state index in [-0.39, 0.29) is 27.9 Å². The van der Waals surface area contributed by atoms with Gasteiger partial charge in [0.15, 0.2) is 0 Å². The van der Waals surface area contributed by atoms with E-state index in [0.29, 0.717) is 6.42 Å². The van der Waals surface area contributed by atoms with E-state index in [0.717, 1.165) is 17.9 Å². The number of amides is 1. The zero-order chi connectivity index (χ0) is 11.0. The maximum Gasteiger partial charge on any atom is 0.238 e. The highest BCUT2D eigenvalue weighted by Crippen LogP contribution is 2.34. The van der Waals surface area contributed by atoms with Crippen LogP contribution in [0, 0.1) is 0 Å². The molecule has 15 heavy (non-hydrogen) atoms. The lowest BCUT2D eigenvalue weighted by Gasteiger charge is -2.42. The molecule has 2 atom stereocenters. The highest BCUT2D eigenvalue weighted by atomic mass is 32.2. The van der Waals surface area contributed by atoms with Crippen molar-refractivity contribution in [1.29, 1.82) is 0 Å². The summed E-state index contributed by atoms with van der Waals surface area (Å²) in [4.78, 5) is 23.5. The smallest absolute Gasteiger partial charge is 0.238 e. The largest absolute Gasteiger partial charge is 0.543 e. The first kappa shape index (κ1) is 10.5. The molecule has 0 aromatic rings. The lowest BCUT2D eigenvalue weighted by molar-refractivity contribution is -0.301. The molecule has 2 rings (SSSR count). The topological polar surface area (TPSA) is 60.4 Å². The van der Waals surface area contributed by atoms with E-state index in [4.69, 9.17) is 0 Å². The second-order valence-corrected chi connectivity index (χ2v) is 6.07. The van der Waals surface area contributed by atoms with Gasteiger partial charge in [-0.05, 0) is 12.5 Å². The third-order valence-electron chi connectivity index (χ3n) is 2.72. The van der Waals surface area contributed by atoms with Gasteiger partial charge in [-0.2, -0.15) is 0 Å². The monoisotopic (exact) mass is 227 g/mol. The summed E-state index contributed by atoms with van der Waals surface area (Å²) in [6.45, 7) is 2.11. The summed E-state index contributed by atoms with van der Waals surface area (Å²) in [5, 5.41) is 10.9. The van der Waals surface area contributed by atoms with E-state index >= 15 is 0 Å². The number of carbonyl (C=O) groups excluding carboxylic acids is 2. The number of hydrogen-bond donors (Lipinski definition) is 0. The molecule has 2 aliphatic rings. The van der Waals surface area contributed by atoms with E-state index in [1.165, 1.54) is 4.90 Å². The van der Waals surface area contributed by atoms with Gasteiger partial charge in [0.05, 0.1) is 18.1 Å². The van der Waals surface area contributed by atoms with Crippen molar-refractivity contribution in [3.8, 4) is 0 Å². The summed E-state index contributed by atoms with van der Waals surface area (Å²) >= 11 is 0. The summed E-state index contributed by atoms with van der Waals surface area (Å²) in [6, 6.07) is 0. The second kappa shape index (κ2) is 3.89. The van der Waals surface area contributed by atoms with Crippen molar-refractivity contribution in [3.63, 3.8) is 0 Å². The van der Waals surface area contributed by atoms with Gasteiger partial charge in [-0.3, -0.25) is 9.69 Å². The molecule has 0 N–H and O–H groups in total. The molecular formula is C10H13NO3S.